The molecule has 4 heteroatoms. The molecule has 0 saturated heterocycles. The van der Waals surface area contributed by atoms with Gasteiger partial charge in [-0.05, 0) is 18.4 Å². The molecule has 0 amide bonds. The number of nitrogens with zero attached hydrogens (tertiary/aromatic N) is 2. The van der Waals surface area contributed by atoms with Gasteiger partial charge in [0.05, 0.1) is 12.3 Å². The number of hydrogen-bond acceptors (Lipinski definition) is 4. The molecule has 1 heterocycles. The summed E-state index contributed by atoms with van der Waals surface area (Å²) in [5.41, 5.74) is 6.25. The first-order chi connectivity index (χ1) is 6.72. The van der Waals surface area contributed by atoms with Gasteiger partial charge in [0.1, 0.15) is 0 Å². The van der Waals surface area contributed by atoms with E-state index >= 15 is 0 Å². The van der Waals surface area contributed by atoms with Gasteiger partial charge >= 0.3 is 6.01 Å². The van der Waals surface area contributed by atoms with Gasteiger partial charge in [0.15, 0.2) is 0 Å². The molecule has 0 atom stereocenters. The quantitative estimate of drug-likeness (QED) is 0.770. The van der Waals surface area contributed by atoms with Gasteiger partial charge in [-0.25, -0.2) is 4.98 Å². The second-order valence-electron chi connectivity index (χ2n) is 3.57. The maximum absolute atomic E-state index is 5.45. The van der Waals surface area contributed by atoms with E-state index in [1.165, 1.54) is 0 Å². The van der Waals surface area contributed by atoms with E-state index in [2.05, 4.69) is 23.8 Å². The highest BCUT2D eigenvalue weighted by Crippen LogP contribution is 2.05. The zero-order chi connectivity index (χ0) is 10.4. The van der Waals surface area contributed by atoms with Crippen LogP contribution in [0.25, 0.3) is 0 Å². The fraction of sp³-hybridized carbons (Fsp3) is 0.600. The Morgan fingerprint density at radius 2 is 2.29 bits per heavy atom. The van der Waals surface area contributed by atoms with Crippen LogP contribution in [0.15, 0.2) is 12.3 Å². The first-order valence-electron chi connectivity index (χ1n) is 4.87. The Balaban J connectivity index is 2.42. The molecule has 4 nitrogen and oxygen atoms in total. The van der Waals surface area contributed by atoms with Crippen LogP contribution >= 0.6 is 0 Å². The minimum atomic E-state index is 0.420. The molecule has 78 valence electrons. The van der Waals surface area contributed by atoms with E-state index in [4.69, 9.17) is 10.5 Å². The number of ether oxygens (including phenoxy) is 1. The molecule has 0 spiro atoms. The van der Waals surface area contributed by atoms with Crippen molar-refractivity contribution in [2.45, 2.75) is 26.8 Å². The monoisotopic (exact) mass is 195 g/mol. The highest BCUT2D eigenvalue weighted by molar-refractivity contribution is 5.04. The second-order valence-corrected chi connectivity index (χ2v) is 3.57. The van der Waals surface area contributed by atoms with Crippen molar-refractivity contribution in [2.75, 3.05) is 6.61 Å². The van der Waals surface area contributed by atoms with Crippen molar-refractivity contribution in [1.82, 2.24) is 9.97 Å². The van der Waals surface area contributed by atoms with E-state index in [9.17, 15) is 0 Å². The smallest absolute Gasteiger partial charge is 0.316 e. The van der Waals surface area contributed by atoms with Gasteiger partial charge in [-0.3, -0.25) is 0 Å². The number of nitrogens with two attached hydrogens (primary N) is 1. The van der Waals surface area contributed by atoms with Crippen LogP contribution in [0.3, 0.4) is 0 Å². The van der Waals surface area contributed by atoms with Gasteiger partial charge < -0.3 is 10.5 Å². The van der Waals surface area contributed by atoms with E-state index in [1.54, 1.807) is 12.3 Å². The lowest BCUT2D eigenvalue weighted by molar-refractivity contribution is 0.267. The van der Waals surface area contributed by atoms with Crippen LogP contribution in [0, 0.1) is 5.92 Å². The Morgan fingerprint density at radius 1 is 1.50 bits per heavy atom. The van der Waals surface area contributed by atoms with Crippen molar-refractivity contribution >= 4 is 0 Å². The van der Waals surface area contributed by atoms with Gasteiger partial charge in [-0.15, -0.1) is 0 Å². The van der Waals surface area contributed by atoms with Crippen molar-refractivity contribution in [3.8, 4) is 6.01 Å². The SMILES string of the molecule is CC(C)CCOc1nccc(CN)n1. The van der Waals surface area contributed by atoms with Crippen LogP contribution in [-0.4, -0.2) is 16.6 Å². The van der Waals surface area contributed by atoms with E-state index in [0.29, 0.717) is 25.1 Å². The van der Waals surface area contributed by atoms with Crippen LogP contribution in [-0.2, 0) is 6.54 Å². The molecule has 0 bridgehead atoms. The third-order valence-electron chi connectivity index (χ3n) is 1.83. The van der Waals surface area contributed by atoms with E-state index in [1.807, 2.05) is 0 Å². The summed E-state index contributed by atoms with van der Waals surface area (Å²) in [4.78, 5) is 8.13. The lowest BCUT2D eigenvalue weighted by Gasteiger charge is -2.06. The molecule has 0 unspecified atom stereocenters. The molecule has 0 aliphatic carbocycles. The van der Waals surface area contributed by atoms with E-state index in [0.717, 1.165) is 12.1 Å². The molecule has 0 aliphatic heterocycles. The standard InChI is InChI=1S/C10H17N3O/c1-8(2)4-6-14-10-12-5-3-9(7-11)13-10/h3,5,8H,4,6-7,11H2,1-2H3. The molecule has 14 heavy (non-hydrogen) atoms. The van der Waals surface area contributed by atoms with Crippen LogP contribution in [0.4, 0.5) is 0 Å². The number of rotatable bonds is 5. The number of aromatic nitrogens is 2. The van der Waals surface area contributed by atoms with Crippen LogP contribution in [0.2, 0.25) is 0 Å². The largest absolute Gasteiger partial charge is 0.463 e. The summed E-state index contributed by atoms with van der Waals surface area (Å²) in [6.07, 6.45) is 2.68. The summed E-state index contributed by atoms with van der Waals surface area (Å²) in [5.74, 6) is 0.632. The maximum Gasteiger partial charge on any atom is 0.316 e. The first-order valence-corrected chi connectivity index (χ1v) is 4.87. The molecule has 0 fully saturated rings. The summed E-state index contributed by atoms with van der Waals surface area (Å²) < 4.78 is 5.38. The highest BCUT2D eigenvalue weighted by atomic mass is 16.5. The lowest BCUT2D eigenvalue weighted by atomic mass is 10.1. The summed E-state index contributed by atoms with van der Waals surface area (Å²) in [7, 11) is 0. The topological polar surface area (TPSA) is 61.0 Å². The fourth-order valence-corrected chi connectivity index (χ4v) is 0.945. The van der Waals surface area contributed by atoms with Crippen molar-refractivity contribution in [3.63, 3.8) is 0 Å². The summed E-state index contributed by atoms with van der Waals surface area (Å²) in [6.45, 7) is 5.38. The van der Waals surface area contributed by atoms with Crippen molar-refractivity contribution in [1.29, 1.82) is 0 Å². The van der Waals surface area contributed by atoms with Gasteiger partial charge in [-0.1, -0.05) is 13.8 Å². The minimum absolute atomic E-state index is 0.420. The molecular formula is C10H17N3O. The molecule has 0 aliphatic rings. The molecule has 0 saturated carbocycles. The van der Waals surface area contributed by atoms with Crippen molar-refractivity contribution in [3.05, 3.63) is 18.0 Å². The predicted octanol–water partition coefficient (Wildman–Crippen LogP) is 1.36. The van der Waals surface area contributed by atoms with Crippen LogP contribution in [0.5, 0.6) is 6.01 Å². The molecular weight excluding hydrogens is 178 g/mol. The third kappa shape index (κ3) is 3.70. The Morgan fingerprint density at radius 3 is 2.93 bits per heavy atom. The average Bonchev–Trinajstić information content (AvgIpc) is 2.18. The maximum atomic E-state index is 5.45. The molecule has 0 aromatic carbocycles. The van der Waals surface area contributed by atoms with Crippen molar-refractivity contribution in [2.24, 2.45) is 11.7 Å². The lowest BCUT2D eigenvalue weighted by Crippen LogP contribution is -2.06. The van der Waals surface area contributed by atoms with E-state index in [-0.39, 0.29) is 0 Å². The highest BCUT2D eigenvalue weighted by Gasteiger charge is 1.99. The zero-order valence-electron chi connectivity index (χ0n) is 8.73. The second kappa shape index (κ2) is 5.54. The van der Waals surface area contributed by atoms with Gasteiger partial charge in [0.2, 0.25) is 0 Å². The number of hydrogen-bond donors (Lipinski definition) is 1. The van der Waals surface area contributed by atoms with Gasteiger partial charge in [0.25, 0.3) is 0 Å². The van der Waals surface area contributed by atoms with Crippen LogP contribution < -0.4 is 10.5 Å². The first kappa shape index (κ1) is 10.9. The normalized spacial score (nSPS) is 10.6. The van der Waals surface area contributed by atoms with Crippen LogP contribution in [0.1, 0.15) is 26.0 Å². The Kier molecular flexibility index (Phi) is 4.32. The molecule has 1 aromatic heterocycles. The summed E-state index contributed by atoms with van der Waals surface area (Å²) in [6, 6.07) is 2.21. The van der Waals surface area contributed by atoms with E-state index < -0.39 is 0 Å². The Bertz CT molecular complexity index is 276. The third-order valence-corrected chi connectivity index (χ3v) is 1.83. The zero-order valence-corrected chi connectivity index (χ0v) is 8.73. The van der Waals surface area contributed by atoms with Crippen molar-refractivity contribution < 1.29 is 4.74 Å². The molecule has 1 rings (SSSR count). The summed E-state index contributed by atoms with van der Waals surface area (Å²) >= 11 is 0. The van der Waals surface area contributed by atoms with Gasteiger partial charge in [0, 0.05) is 12.7 Å². The summed E-state index contributed by atoms with van der Waals surface area (Å²) in [5, 5.41) is 0. The molecule has 2 N–H and O–H groups in total. The Hall–Kier alpha value is -1.16. The molecule has 0 radical (unpaired) electrons. The fourth-order valence-electron chi connectivity index (χ4n) is 0.945. The average molecular weight is 195 g/mol. The molecule has 1 aromatic rings. The minimum Gasteiger partial charge on any atom is -0.463 e. The predicted molar refractivity (Wildman–Crippen MR) is 54.9 cm³/mol. The Labute approximate surface area is 84.5 Å². The van der Waals surface area contributed by atoms with Gasteiger partial charge in [-0.2, -0.15) is 4.98 Å².